The highest BCUT2D eigenvalue weighted by molar-refractivity contribution is 5.99. The van der Waals surface area contributed by atoms with E-state index in [0.29, 0.717) is 17.1 Å². The van der Waals surface area contributed by atoms with Crippen LogP contribution in [0.4, 0.5) is 5.69 Å². The van der Waals surface area contributed by atoms with Gasteiger partial charge in [-0.05, 0) is 38.5 Å². The van der Waals surface area contributed by atoms with Gasteiger partial charge in [-0.25, -0.2) is 9.79 Å². The molecule has 1 atom stereocenters. The summed E-state index contributed by atoms with van der Waals surface area (Å²) in [5.74, 6) is -1.95. The molecule has 0 saturated carbocycles. The van der Waals surface area contributed by atoms with Gasteiger partial charge in [0, 0.05) is 12.0 Å². The number of nitrogens with zero attached hydrogens (tertiary/aromatic N) is 2. The van der Waals surface area contributed by atoms with Gasteiger partial charge in [0.25, 0.3) is 11.8 Å². The molecule has 1 aromatic heterocycles. The number of methoxy groups -OCH3 is 1. The molecule has 1 heterocycles. The number of rotatable bonds is 10. The van der Waals surface area contributed by atoms with E-state index in [2.05, 4.69) is 20.8 Å². The van der Waals surface area contributed by atoms with Crippen molar-refractivity contribution in [2.24, 2.45) is 16.5 Å². The van der Waals surface area contributed by atoms with Gasteiger partial charge in [-0.15, -0.1) is 0 Å². The third-order valence-corrected chi connectivity index (χ3v) is 4.58. The third-order valence-electron chi connectivity index (χ3n) is 4.58. The Hall–Kier alpha value is -4.22. The molecule has 0 saturated heterocycles. The molecule has 0 unspecified atom stereocenters. The number of nitrogens with two attached hydrogens (primary N) is 2. The molecule has 6 N–H and O–H groups in total. The highest BCUT2D eigenvalue weighted by Crippen LogP contribution is 2.14. The van der Waals surface area contributed by atoms with E-state index in [1.54, 1.807) is 32.0 Å². The summed E-state index contributed by atoms with van der Waals surface area (Å²) < 4.78 is 9.68. The molecule has 176 valence electrons. The zero-order valence-corrected chi connectivity index (χ0v) is 18.5. The van der Waals surface area contributed by atoms with Crippen LogP contribution >= 0.6 is 0 Å². The number of esters is 1. The quantitative estimate of drug-likeness (QED) is 0.219. The van der Waals surface area contributed by atoms with Crippen LogP contribution in [0.5, 0.6) is 0 Å². The van der Waals surface area contributed by atoms with Crippen molar-refractivity contribution in [2.75, 3.05) is 13.7 Å². The van der Waals surface area contributed by atoms with E-state index >= 15 is 0 Å². The van der Waals surface area contributed by atoms with E-state index < -0.39 is 23.8 Å². The number of benzene rings is 1. The molecule has 0 aliphatic rings. The first-order valence-corrected chi connectivity index (χ1v) is 9.93. The average molecular weight is 458 g/mol. The Balaban J connectivity index is 1.92. The normalized spacial score (nSPS) is 11.2. The van der Waals surface area contributed by atoms with Crippen LogP contribution in [0.25, 0.3) is 0 Å². The lowest BCUT2D eigenvalue weighted by molar-refractivity contribution is -0.143. The van der Waals surface area contributed by atoms with E-state index in [9.17, 15) is 19.2 Å². The largest absolute Gasteiger partial charge is 0.467 e. The average Bonchev–Trinajstić information content (AvgIpc) is 3.11. The van der Waals surface area contributed by atoms with Gasteiger partial charge < -0.3 is 31.4 Å². The Morgan fingerprint density at radius 1 is 1.18 bits per heavy atom. The third kappa shape index (κ3) is 7.16. The maximum absolute atomic E-state index is 12.5. The predicted octanol–water partition coefficient (Wildman–Crippen LogP) is 0.247. The van der Waals surface area contributed by atoms with Gasteiger partial charge in [0.2, 0.25) is 0 Å². The van der Waals surface area contributed by atoms with Crippen LogP contribution in [0.1, 0.15) is 45.0 Å². The first-order chi connectivity index (χ1) is 15.6. The molecule has 0 aliphatic heterocycles. The molecule has 0 spiro atoms. The van der Waals surface area contributed by atoms with Gasteiger partial charge in [-0.1, -0.05) is 11.2 Å². The molecule has 0 bridgehead atoms. The fraction of sp³-hybridized carbons (Fsp3) is 0.333. The van der Waals surface area contributed by atoms with Gasteiger partial charge in [-0.3, -0.25) is 14.4 Å². The fourth-order valence-corrected chi connectivity index (χ4v) is 2.97. The van der Waals surface area contributed by atoms with E-state index in [1.807, 2.05) is 0 Å². The first kappa shape index (κ1) is 25.0. The number of carbonyl (C=O) groups is 4. The Kier molecular flexibility index (Phi) is 8.66. The summed E-state index contributed by atoms with van der Waals surface area (Å²) in [6.07, 6.45) is -0.105. The van der Waals surface area contributed by atoms with E-state index in [1.165, 1.54) is 13.2 Å². The zero-order valence-electron chi connectivity index (χ0n) is 18.5. The van der Waals surface area contributed by atoms with Crippen LogP contribution < -0.4 is 22.1 Å². The number of aryl methyl sites for hydroxylation is 2. The number of Topliss-reactive ketones (excluding diaryl/α,β-unsaturated/α-hetero) is 1. The van der Waals surface area contributed by atoms with Gasteiger partial charge in [0.05, 0.1) is 25.0 Å². The Labute approximate surface area is 189 Å². The monoisotopic (exact) mass is 458 g/mol. The summed E-state index contributed by atoms with van der Waals surface area (Å²) in [5, 5.41) is 8.74. The van der Waals surface area contributed by atoms with Crippen LogP contribution in [0, 0.1) is 13.8 Å². The van der Waals surface area contributed by atoms with Gasteiger partial charge in [0.1, 0.15) is 17.4 Å². The number of nitrogens with one attached hydrogen (secondary N) is 2. The van der Waals surface area contributed by atoms with Crippen LogP contribution in [0.15, 0.2) is 33.8 Å². The van der Waals surface area contributed by atoms with E-state index in [4.69, 9.17) is 20.7 Å². The predicted molar refractivity (Wildman–Crippen MR) is 118 cm³/mol. The Morgan fingerprint density at radius 3 is 2.52 bits per heavy atom. The summed E-state index contributed by atoms with van der Waals surface area (Å²) in [7, 11) is 1.18. The van der Waals surface area contributed by atoms with Crippen LogP contribution in [-0.2, 0) is 14.3 Å². The zero-order chi connectivity index (χ0) is 24.5. The molecule has 2 aromatic rings. The topological polar surface area (TPSA) is 192 Å². The van der Waals surface area contributed by atoms with Gasteiger partial charge in [0.15, 0.2) is 11.7 Å². The van der Waals surface area contributed by atoms with Crippen molar-refractivity contribution in [3.05, 3.63) is 46.8 Å². The molecule has 0 aliphatic carbocycles. The summed E-state index contributed by atoms with van der Waals surface area (Å²) in [6.45, 7) is 2.90. The summed E-state index contributed by atoms with van der Waals surface area (Å²) in [6, 6.07) is 5.17. The van der Waals surface area contributed by atoms with Crippen molar-refractivity contribution in [3.8, 4) is 0 Å². The van der Waals surface area contributed by atoms with Crippen molar-refractivity contribution in [3.63, 3.8) is 0 Å². The van der Waals surface area contributed by atoms with Crippen LogP contribution in [-0.4, -0.2) is 54.4 Å². The Morgan fingerprint density at radius 2 is 1.91 bits per heavy atom. The maximum Gasteiger partial charge on any atom is 0.328 e. The molecule has 2 rings (SSSR count). The second kappa shape index (κ2) is 11.4. The van der Waals surface area contributed by atoms with Crippen molar-refractivity contribution in [2.45, 2.75) is 32.7 Å². The molecule has 12 nitrogen and oxygen atoms in total. The standard InChI is InChI=1S/C21H26N6O6/c1-11-17(12(2)33-27-11)19(30)26-16(20(31)32-3)8-7-15(28)10-24-18(29)13-5-4-6-14(9-13)25-21(22)23/h4-6,9,16H,7-8,10H2,1-3H3,(H,24,29)(H,26,30)(H4,22,23,25)/t16-/m0/s1. The molecule has 2 amide bonds. The molecule has 0 radical (unpaired) electrons. The number of aromatic nitrogens is 1. The van der Waals surface area contributed by atoms with E-state index in [-0.39, 0.29) is 42.3 Å². The second-order valence-corrected chi connectivity index (χ2v) is 7.10. The summed E-state index contributed by atoms with van der Waals surface area (Å²) >= 11 is 0. The molecular formula is C21H26N6O6. The molecular weight excluding hydrogens is 432 g/mol. The lowest BCUT2D eigenvalue weighted by Crippen LogP contribution is -2.42. The second-order valence-electron chi connectivity index (χ2n) is 7.10. The lowest BCUT2D eigenvalue weighted by atomic mass is 10.1. The number of hydrogen-bond acceptors (Lipinski definition) is 8. The number of guanidine groups is 1. The number of aliphatic imine (C=N–C) groups is 1. The highest BCUT2D eigenvalue weighted by atomic mass is 16.5. The van der Waals surface area contributed by atoms with Crippen LogP contribution in [0.3, 0.4) is 0 Å². The summed E-state index contributed by atoms with van der Waals surface area (Å²) in [5.41, 5.74) is 11.9. The minimum absolute atomic E-state index is 0.0174. The fourth-order valence-electron chi connectivity index (χ4n) is 2.97. The molecule has 1 aromatic carbocycles. The van der Waals surface area contributed by atoms with Gasteiger partial charge in [-0.2, -0.15) is 0 Å². The molecule has 0 fully saturated rings. The van der Waals surface area contributed by atoms with Gasteiger partial charge >= 0.3 is 5.97 Å². The molecule has 12 heteroatoms. The first-order valence-electron chi connectivity index (χ1n) is 9.93. The van der Waals surface area contributed by atoms with E-state index in [0.717, 1.165) is 0 Å². The Bertz CT molecular complexity index is 1050. The number of hydrogen-bond donors (Lipinski definition) is 4. The van der Waals surface area contributed by atoms with Crippen molar-refractivity contribution >= 4 is 35.2 Å². The number of ether oxygens (including phenoxy) is 1. The minimum Gasteiger partial charge on any atom is -0.467 e. The highest BCUT2D eigenvalue weighted by Gasteiger charge is 2.26. The minimum atomic E-state index is -1.06. The number of amides is 2. The number of ketones is 1. The van der Waals surface area contributed by atoms with Crippen molar-refractivity contribution in [1.29, 1.82) is 0 Å². The lowest BCUT2D eigenvalue weighted by Gasteiger charge is -2.16. The smallest absolute Gasteiger partial charge is 0.328 e. The summed E-state index contributed by atoms with van der Waals surface area (Å²) in [4.78, 5) is 53.0. The van der Waals surface area contributed by atoms with Crippen molar-refractivity contribution < 1.29 is 28.4 Å². The maximum atomic E-state index is 12.5. The van der Waals surface area contributed by atoms with Crippen molar-refractivity contribution in [1.82, 2.24) is 15.8 Å². The number of carbonyl (C=O) groups excluding carboxylic acids is 4. The SMILES string of the molecule is COC(=O)[C@H](CCC(=O)CNC(=O)c1cccc(N=C(N)N)c1)NC(=O)c1c(C)noc1C. The molecule has 33 heavy (non-hydrogen) atoms. The van der Waals surface area contributed by atoms with Crippen LogP contribution in [0.2, 0.25) is 0 Å².